The second-order valence-electron chi connectivity index (χ2n) is 4.77. The molecular weight excluding hydrogens is 251 g/mol. The fourth-order valence-electron chi connectivity index (χ4n) is 2.30. The van der Waals surface area contributed by atoms with Crippen LogP contribution in [0, 0.1) is 12.7 Å². The summed E-state index contributed by atoms with van der Waals surface area (Å²) in [6.07, 6.45) is 0. The lowest BCUT2D eigenvalue weighted by molar-refractivity contribution is 0.630. The molecule has 0 radical (unpaired) electrons. The van der Waals surface area contributed by atoms with Gasteiger partial charge in [0.25, 0.3) is 0 Å². The average molecular weight is 272 g/mol. The van der Waals surface area contributed by atoms with E-state index < -0.39 is 0 Å². The summed E-state index contributed by atoms with van der Waals surface area (Å²) in [6, 6.07) is 15.1. The van der Waals surface area contributed by atoms with Crippen LogP contribution in [0.3, 0.4) is 0 Å². The molecule has 0 bridgehead atoms. The minimum Gasteiger partial charge on any atom is -0.381 e. The van der Waals surface area contributed by atoms with Crippen LogP contribution < -0.4 is 10.2 Å². The molecule has 0 spiro atoms. The summed E-state index contributed by atoms with van der Waals surface area (Å²) in [5.74, 6) is -0.202. The lowest BCUT2D eigenvalue weighted by Crippen LogP contribution is -2.29. The fraction of sp³-hybridized carbons (Fsp3) is 0.294. The maximum atomic E-state index is 13.5. The van der Waals surface area contributed by atoms with Crippen molar-refractivity contribution in [2.45, 2.75) is 13.8 Å². The minimum absolute atomic E-state index is 0.202. The molecule has 0 saturated carbocycles. The Bertz CT molecular complexity index is 554. The Balaban J connectivity index is 1.95. The summed E-state index contributed by atoms with van der Waals surface area (Å²) in [5.41, 5.74) is 3.07. The third-order valence-corrected chi connectivity index (χ3v) is 3.41. The molecule has 2 aromatic carbocycles. The second kappa shape index (κ2) is 6.94. The van der Waals surface area contributed by atoms with E-state index in [0.717, 1.165) is 13.1 Å². The third-order valence-electron chi connectivity index (χ3n) is 3.41. The van der Waals surface area contributed by atoms with Gasteiger partial charge in [-0.3, -0.25) is 0 Å². The number of aryl methyl sites for hydroxylation is 1. The highest BCUT2D eigenvalue weighted by Crippen LogP contribution is 2.19. The zero-order chi connectivity index (χ0) is 14.4. The molecule has 20 heavy (non-hydrogen) atoms. The molecule has 1 N–H and O–H groups in total. The zero-order valence-electron chi connectivity index (χ0n) is 12.1. The minimum atomic E-state index is -0.202. The van der Waals surface area contributed by atoms with Crippen molar-refractivity contribution in [3.05, 3.63) is 59.9 Å². The largest absolute Gasteiger partial charge is 0.381 e. The molecule has 0 saturated heterocycles. The molecule has 0 aliphatic rings. The van der Waals surface area contributed by atoms with Crippen molar-refractivity contribution < 1.29 is 4.39 Å². The average Bonchev–Trinajstić information content (AvgIpc) is 2.46. The van der Waals surface area contributed by atoms with Crippen LogP contribution in [0.1, 0.15) is 12.5 Å². The standard InChI is InChI=1S/C17H21FN2/c1-3-20(17-11-7-4-8-14(17)2)13-12-19-16-10-6-5-9-15(16)18/h4-11,19H,3,12-13H2,1-2H3. The number of likely N-dealkylation sites (N-methyl/N-ethyl adjacent to an activating group) is 1. The molecule has 0 fully saturated rings. The van der Waals surface area contributed by atoms with Crippen molar-refractivity contribution in [3.63, 3.8) is 0 Å². The van der Waals surface area contributed by atoms with Crippen molar-refractivity contribution in [1.29, 1.82) is 0 Å². The summed E-state index contributed by atoms with van der Waals surface area (Å²) in [6.45, 7) is 6.74. The third kappa shape index (κ3) is 3.50. The number of rotatable bonds is 6. The van der Waals surface area contributed by atoms with Gasteiger partial charge in [-0.1, -0.05) is 30.3 Å². The number of benzene rings is 2. The van der Waals surface area contributed by atoms with Gasteiger partial charge in [-0.05, 0) is 37.6 Å². The van der Waals surface area contributed by atoms with Crippen molar-refractivity contribution in [1.82, 2.24) is 0 Å². The Morgan fingerprint density at radius 3 is 2.45 bits per heavy atom. The Labute approximate surface area is 120 Å². The highest BCUT2D eigenvalue weighted by atomic mass is 19.1. The summed E-state index contributed by atoms with van der Waals surface area (Å²) in [4.78, 5) is 2.29. The van der Waals surface area contributed by atoms with Crippen LogP contribution in [0.2, 0.25) is 0 Å². The maximum absolute atomic E-state index is 13.5. The molecule has 0 aliphatic heterocycles. The first-order chi connectivity index (χ1) is 9.72. The Morgan fingerprint density at radius 2 is 1.75 bits per heavy atom. The van der Waals surface area contributed by atoms with Gasteiger partial charge in [-0.15, -0.1) is 0 Å². The van der Waals surface area contributed by atoms with E-state index in [0.29, 0.717) is 12.2 Å². The van der Waals surface area contributed by atoms with E-state index in [-0.39, 0.29) is 5.82 Å². The number of nitrogens with zero attached hydrogens (tertiary/aromatic N) is 1. The van der Waals surface area contributed by atoms with Crippen LogP contribution in [0.15, 0.2) is 48.5 Å². The van der Waals surface area contributed by atoms with E-state index in [2.05, 4.69) is 42.3 Å². The topological polar surface area (TPSA) is 15.3 Å². The Kier molecular flexibility index (Phi) is 4.99. The van der Waals surface area contributed by atoms with E-state index in [4.69, 9.17) is 0 Å². The summed E-state index contributed by atoms with van der Waals surface area (Å²) in [5, 5.41) is 3.15. The molecule has 0 aliphatic carbocycles. The van der Waals surface area contributed by atoms with E-state index in [1.807, 2.05) is 12.1 Å². The first-order valence-electron chi connectivity index (χ1n) is 7.01. The van der Waals surface area contributed by atoms with Gasteiger partial charge in [0, 0.05) is 25.3 Å². The van der Waals surface area contributed by atoms with Gasteiger partial charge < -0.3 is 10.2 Å². The van der Waals surface area contributed by atoms with Gasteiger partial charge in [0.2, 0.25) is 0 Å². The van der Waals surface area contributed by atoms with Crippen LogP contribution in [0.4, 0.5) is 15.8 Å². The summed E-state index contributed by atoms with van der Waals surface area (Å²) in [7, 11) is 0. The molecule has 0 atom stereocenters. The molecule has 2 rings (SSSR count). The van der Waals surface area contributed by atoms with Crippen molar-refractivity contribution >= 4 is 11.4 Å². The molecule has 2 nitrogen and oxygen atoms in total. The van der Waals surface area contributed by atoms with Crippen molar-refractivity contribution in [2.75, 3.05) is 29.9 Å². The first-order valence-corrected chi connectivity index (χ1v) is 7.01. The van der Waals surface area contributed by atoms with Gasteiger partial charge in [-0.2, -0.15) is 0 Å². The number of hydrogen-bond donors (Lipinski definition) is 1. The predicted molar refractivity (Wildman–Crippen MR) is 84.0 cm³/mol. The molecule has 106 valence electrons. The zero-order valence-corrected chi connectivity index (χ0v) is 12.1. The Hall–Kier alpha value is -2.03. The molecule has 0 unspecified atom stereocenters. The van der Waals surface area contributed by atoms with Gasteiger partial charge >= 0.3 is 0 Å². The summed E-state index contributed by atoms with van der Waals surface area (Å²) >= 11 is 0. The van der Waals surface area contributed by atoms with Gasteiger partial charge in [0.1, 0.15) is 5.82 Å². The van der Waals surface area contributed by atoms with Crippen LogP contribution in [0.25, 0.3) is 0 Å². The highest BCUT2D eigenvalue weighted by molar-refractivity contribution is 5.53. The smallest absolute Gasteiger partial charge is 0.146 e. The summed E-state index contributed by atoms with van der Waals surface area (Å²) < 4.78 is 13.5. The normalized spacial score (nSPS) is 10.3. The molecule has 3 heteroatoms. The molecule has 0 aromatic heterocycles. The van der Waals surface area contributed by atoms with Crippen molar-refractivity contribution in [2.24, 2.45) is 0 Å². The predicted octanol–water partition coefficient (Wildman–Crippen LogP) is 4.07. The lowest BCUT2D eigenvalue weighted by Gasteiger charge is -2.25. The monoisotopic (exact) mass is 272 g/mol. The van der Waals surface area contributed by atoms with Gasteiger partial charge in [0.15, 0.2) is 0 Å². The number of para-hydroxylation sites is 2. The van der Waals surface area contributed by atoms with Crippen LogP contribution >= 0.6 is 0 Å². The molecule has 2 aromatic rings. The van der Waals surface area contributed by atoms with Crippen LogP contribution in [-0.2, 0) is 0 Å². The fourth-order valence-corrected chi connectivity index (χ4v) is 2.30. The van der Waals surface area contributed by atoms with E-state index >= 15 is 0 Å². The molecular formula is C17H21FN2. The lowest BCUT2D eigenvalue weighted by atomic mass is 10.2. The van der Waals surface area contributed by atoms with Crippen LogP contribution in [0.5, 0.6) is 0 Å². The Morgan fingerprint density at radius 1 is 1.05 bits per heavy atom. The number of halogens is 1. The second-order valence-corrected chi connectivity index (χ2v) is 4.77. The first kappa shape index (κ1) is 14.4. The highest BCUT2D eigenvalue weighted by Gasteiger charge is 2.06. The maximum Gasteiger partial charge on any atom is 0.146 e. The number of anilines is 2. The number of nitrogens with one attached hydrogen (secondary N) is 1. The van der Waals surface area contributed by atoms with E-state index in [9.17, 15) is 4.39 Å². The molecule has 0 heterocycles. The van der Waals surface area contributed by atoms with Crippen LogP contribution in [-0.4, -0.2) is 19.6 Å². The quantitative estimate of drug-likeness (QED) is 0.852. The molecule has 0 amide bonds. The van der Waals surface area contributed by atoms with Crippen molar-refractivity contribution in [3.8, 4) is 0 Å². The van der Waals surface area contributed by atoms with E-state index in [1.165, 1.54) is 17.3 Å². The van der Waals surface area contributed by atoms with Gasteiger partial charge in [0.05, 0.1) is 5.69 Å². The number of hydrogen-bond acceptors (Lipinski definition) is 2. The van der Waals surface area contributed by atoms with E-state index in [1.54, 1.807) is 12.1 Å². The SMILES string of the molecule is CCN(CCNc1ccccc1F)c1ccccc1C. The van der Waals surface area contributed by atoms with Gasteiger partial charge in [-0.25, -0.2) is 4.39 Å².